The Morgan fingerprint density at radius 1 is 1.35 bits per heavy atom. The van der Waals surface area contributed by atoms with E-state index in [1.807, 2.05) is 0 Å². The summed E-state index contributed by atoms with van der Waals surface area (Å²) in [6, 6.07) is 0.765. The number of nitrogens with one attached hydrogen (secondary N) is 1. The second-order valence-electron chi connectivity index (χ2n) is 4.13. The number of alkyl halides is 3. The van der Waals surface area contributed by atoms with E-state index in [2.05, 4.69) is 25.4 Å². The SMILES string of the molecule is CC(CC(F)(F)F)Nc1nc(N)nc(-n2cccn2)n1. The molecule has 10 heteroatoms. The summed E-state index contributed by atoms with van der Waals surface area (Å²) in [5.74, 6) is -0.00355. The average molecular weight is 287 g/mol. The van der Waals surface area contributed by atoms with E-state index in [9.17, 15) is 13.2 Å². The van der Waals surface area contributed by atoms with Crippen molar-refractivity contribution in [2.24, 2.45) is 0 Å². The normalized spacial score (nSPS) is 13.2. The molecule has 108 valence electrons. The quantitative estimate of drug-likeness (QED) is 0.882. The summed E-state index contributed by atoms with van der Waals surface area (Å²) in [6.45, 7) is 1.38. The van der Waals surface area contributed by atoms with Crippen LogP contribution in [0.4, 0.5) is 25.1 Å². The molecule has 0 radical (unpaired) electrons. The van der Waals surface area contributed by atoms with Gasteiger partial charge in [-0.15, -0.1) is 0 Å². The summed E-state index contributed by atoms with van der Waals surface area (Å²) < 4.78 is 38.1. The number of aromatic nitrogens is 5. The van der Waals surface area contributed by atoms with Crippen LogP contribution in [0.25, 0.3) is 5.95 Å². The molecule has 1 atom stereocenters. The van der Waals surface area contributed by atoms with Crippen molar-refractivity contribution < 1.29 is 13.2 Å². The summed E-state index contributed by atoms with van der Waals surface area (Å²) in [4.78, 5) is 11.6. The Morgan fingerprint density at radius 2 is 2.10 bits per heavy atom. The van der Waals surface area contributed by atoms with Gasteiger partial charge in [0.1, 0.15) is 0 Å². The monoisotopic (exact) mass is 287 g/mol. The van der Waals surface area contributed by atoms with Crippen LogP contribution in [-0.4, -0.2) is 37.0 Å². The van der Waals surface area contributed by atoms with Gasteiger partial charge in [-0.1, -0.05) is 0 Å². The summed E-state index contributed by atoms with van der Waals surface area (Å²) in [7, 11) is 0. The van der Waals surface area contributed by atoms with Gasteiger partial charge in [-0.3, -0.25) is 0 Å². The summed E-state index contributed by atoms with van der Waals surface area (Å²) in [6.07, 6.45) is -2.18. The second kappa shape index (κ2) is 5.31. The number of nitrogens with two attached hydrogens (primary N) is 1. The fourth-order valence-electron chi connectivity index (χ4n) is 1.55. The van der Waals surface area contributed by atoms with Crippen LogP contribution in [0.15, 0.2) is 18.5 Å². The van der Waals surface area contributed by atoms with Crippen molar-refractivity contribution in [1.82, 2.24) is 24.7 Å². The molecule has 2 aromatic heterocycles. The van der Waals surface area contributed by atoms with Crippen LogP contribution in [0.5, 0.6) is 0 Å². The number of anilines is 2. The second-order valence-corrected chi connectivity index (χ2v) is 4.13. The molecule has 0 aliphatic heterocycles. The zero-order chi connectivity index (χ0) is 14.8. The smallest absolute Gasteiger partial charge is 0.368 e. The van der Waals surface area contributed by atoms with Crippen molar-refractivity contribution in [3.63, 3.8) is 0 Å². The third kappa shape index (κ3) is 3.80. The van der Waals surface area contributed by atoms with Crippen molar-refractivity contribution in [3.8, 4) is 5.95 Å². The van der Waals surface area contributed by atoms with Gasteiger partial charge < -0.3 is 11.1 Å². The van der Waals surface area contributed by atoms with Crippen molar-refractivity contribution in [1.29, 1.82) is 0 Å². The zero-order valence-electron chi connectivity index (χ0n) is 10.5. The predicted molar refractivity (Wildman–Crippen MR) is 65.1 cm³/mol. The molecule has 20 heavy (non-hydrogen) atoms. The highest BCUT2D eigenvalue weighted by molar-refractivity contribution is 5.35. The first-order valence-electron chi connectivity index (χ1n) is 5.68. The van der Waals surface area contributed by atoms with E-state index in [0.717, 1.165) is 0 Å². The van der Waals surface area contributed by atoms with E-state index < -0.39 is 18.6 Å². The van der Waals surface area contributed by atoms with Gasteiger partial charge in [-0.25, -0.2) is 4.68 Å². The lowest BCUT2D eigenvalue weighted by atomic mass is 10.2. The van der Waals surface area contributed by atoms with Crippen LogP contribution in [-0.2, 0) is 0 Å². The molecule has 0 aromatic carbocycles. The lowest BCUT2D eigenvalue weighted by Gasteiger charge is -2.16. The van der Waals surface area contributed by atoms with Gasteiger partial charge in [0.15, 0.2) is 0 Å². The molecule has 0 saturated heterocycles. The van der Waals surface area contributed by atoms with E-state index in [-0.39, 0.29) is 17.8 Å². The number of hydrogen-bond acceptors (Lipinski definition) is 6. The maximum absolute atomic E-state index is 12.3. The lowest BCUT2D eigenvalue weighted by Crippen LogP contribution is -2.25. The largest absolute Gasteiger partial charge is 0.391 e. The molecule has 0 amide bonds. The molecule has 2 rings (SSSR count). The van der Waals surface area contributed by atoms with Crippen molar-refractivity contribution in [3.05, 3.63) is 18.5 Å². The fourth-order valence-corrected chi connectivity index (χ4v) is 1.55. The standard InChI is InChI=1S/C10H12F3N7/c1-6(5-10(11,12)13)16-8-17-7(14)18-9(19-8)20-4-2-3-15-20/h2-4,6H,5H2,1H3,(H3,14,16,17,18,19). The lowest BCUT2D eigenvalue weighted by molar-refractivity contribution is -0.136. The molecule has 1 unspecified atom stereocenters. The molecule has 0 bridgehead atoms. The van der Waals surface area contributed by atoms with Crippen LogP contribution < -0.4 is 11.1 Å². The van der Waals surface area contributed by atoms with E-state index in [1.165, 1.54) is 17.8 Å². The minimum absolute atomic E-state index is 0.0280. The molecular formula is C10H12F3N7. The highest BCUT2D eigenvalue weighted by Gasteiger charge is 2.30. The number of nitrogen functional groups attached to an aromatic ring is 1. The first-order chi connectivity index (χ1) is 9.33. The Hall–Kier alpha value is -2.39. The third-order valence-electron chi connectivity index (χ3n) is 2.26. The van der Waals surface area contributed by atoms with Crippen LogP contribution in [0.3, 0.4) is 0 Å². The molecule has 3 N–H and O–H groups in total. The highest BCUT2D eigenvalue weighted by atomic mass is 19.4. The van der Waals surface area contributed by atoms with Crippen molar-refractivity contribution >= 4 is 11.9 Å². The first-order valence-corrected chi connectivity index (χ1v) is 5.68. The Morgan fingerprint density at radius 3 is 2.70 bits per heavy atom. The van der Waals surface area contributed by atoms with Crippen LogP contribution in [0, 0.1) is 0 Å². The Balaban J connectivity index is 2.16. The summed E-state index contributed by atoms with van der Waals surface area (Å²) >= 11 is 0. The average Bonchev–Trinajstić information content (AvgIpc) is 2.78. The third-order valence-corrected chi connectivity index (χ3v) is 2.26. The molecule has 2 aromatic rings. The van der Waals surface area contributed by atoms with Gasteiger partial charge in [0, 0.05) is 18.4 Å². The van der Waals surface area contributed by atoms with Gasteiger partial charge in [0.05, 0.1) is 6.42 Å². The first kappa shape index (κ1) is 14.0. The Kier molecular flexibility index (Phi) is 3.72. The topological polar surface area (TPSA) is 94.5 Å². The zero-order valence-corrected chi connectivity index (χ0v) is 10.5. The number of rotatable bonds is 4. The van der Waals surface area contributed by atoms with E-state index >= 15 is 0 Å². The van der Waals surface area contributed by atoms with Crippen LogP contribution in [0.2, 0.25) is 0 Å². The fraction of sp³-hybridized carbons (Fsp3) is 0.400. The van der Waals surface area contributed by atoms with E-state index in [1.54, 1.807) is 12.3 Å². The van der Waals surface area contributed by atoms with Gasteiger partial charge in [-0.2, -0.15) is 33.2 Å². The van der Waals surface area contributed by atoms with E-state index in [4.69, 9.17) is 5.73 Å². The van der Waals surface area contributed by atoms with Crippen molar-refractivity contribution in [2.45, 2.75) is 25.6 Å². The maximum Gasteiger partial charge on any atom is 0.391 e. The molecule has 0 aliphatic rings. The Labute approximate surface area is 112 Å². The van der Waals surface area contributed by atoms with Gasteiger partial charge in [-0.05, 0) is 13.0 Å². The predicted octanol–water partition coefficient (Wildman–Crippen LogP) is 1.39. The van der Waals surface area contributed by atoms with Crippen LogP contribution >= 0.6 is 0 Å². The summed E-state index contributed by atoms with van der Waals surface area (Å²) in [5, 5.41) is 6.45. The van der Waals surface area contributed by atoms with Gasteiger partial charge in [0.25, 0.3) is 5.95 Å². The molecule has 0 aliphatic carbocycles. The molecule has 0 saturated carbocycles. The van der Waals surface area contributed by atoms with Gasteiger partial charge in [0.2, 0.25) is 11.9 Å². The minimum Gasteiger partial charge on any atom is -0.368 e. The number of halogens is 3. The summed E-state index contributed by atoms with van der Waals surface area (Å²) in [5.41, 5.74) is 5.50. The molecule has 0 spiro atoms. The Bertz CT molecular complexity index is 567. The molecule has 2 heterocycles. The van der Waals surface area contributed by atoms with E-state index in [0.29, 0.717) is 0 Å². The number of hydrogen-bond donors (Lipinski definition) is 2. The molecule has 7 nitrogen and oxygen atoms in total. The van der Waals surface area contributed by atoms with Crippen LogP contribution in [0.1, 0.15) is 13.3 Å². The highest BCUT2D eigenvalue weighted by Crippen LogP contribution is 2.22. The minimum atomic E-state index is -4.27. The number of nitrogens with zero attached hydrogens (tertiary/aromatic N) is 5. The van der Waals surface area contributed by atoms with Crippen molar-refractivity contribution in [2.75, 3.05) is 11.1 Å². The molecule has 0 fully saturated rings. The maximum atomic E-state index is 12.3. The molecular weight excluding hydrogens is 275 g/mol. The van der Waals surface area contributed by atoms with Gasteiger partial charge >= 0.3 is 6.18 Å².